The van der Waals surface area contributed by atoms with Crippen molar-refractivity contribution in [3.63, 3.8) is 0 Å². The summed E-state index contributed by atoms with van der Waals surface area (Å²) in [6, 6.07) is 2.59. The predicted octanol–water partition coefficient (Wildman–Crippen LogP) is 1.69. The Morgan fingerprint density at radius 1 is 0.889 bits per heavy atom. The Balaban J connectivity index is 1.48. The molecule has 2 saturated heterocycles. The Kier molecular flexibility index (Phi) is 4.22. The van der Waals surface area contributed by atoms with E-state index >= 15 is 0 Å². The van der Waals surface area contributed by atoms with Crippen molar-refractivity contribution in [2.45, 2.75) is 63.6 Å². The second-order valence-electron chi connectivity index (χ2n) is 6.39. The van der Waals surface area contributed by atoms with E-state index in [0.29, 0.717) is 0 Å². The Morgan fingerprint density at radius 3 is 2.44 bits per heavy atom. The summed E-state index contributed by atoms with van der Waals surface area (Å²) < 4.78 is 0. The van der Waals surface area contributed by atoms with Gasteiger partial charge in [-0.15, -0.1) is 0 Å². The van der Waals surface area contributed by atoms with Crippen molar-refractivity contribution >= 4 is 0 Å². The van der Waals surface area contributed by atoms with Gasteiger partial charge in [-0.2, -0.15) is 0 Å². The number of hydrogen-bond acceptors (Lipinski definition) is 3. The smallest absolute Gasteiger partial charge is 0.0224 e. The maximum atomic E-state index is 3.62. The highest BCUT2D eigenvalue weighted by Gasteiger charge is 2.34. The van der Waals surface area contributed by atoms with E-state index < -0.39 is 0 Å². The Morgan fingerprint density at radius 2 is 1.67 bits per heavy atom. The molecule has 2 aliphatic heterocycles. The first-order chi connectivity index (χ1) is 8.86. The van der Waals surface area contributed by atoms with Crippen LogP contribution >= 0.6 is 0 Å². The zero-order valence-electron chi connectivity index (χ0n) is 11.9. The summed E-state index contributed by atoms with van der Waals surface area (Å²) in [5.41, 5.74) is 0. The molecule has 0 aromatic rings. The number of hydrogen-bond donors (Lipinski definition) is 1. The second-order valence-corrected chi connectivity index (χ2v) is 6.39. The lowest BCUT2D eigenvalue weighted by Gasteiger charge is -2.44. The van der Waals surface area contributed by atoms with Crippen LogP contribution in [0.4, 0.5) is 0 Å². The minimum Gasteiger partial charge on any atom is -0.314 e. The van der Waals surface area contributed by atoms with Gasteiger partial charge in [0.25, 0.3) is 0 Å². The normalized spacial score (nSPS) is 38.8. The number of nitrogens with one attached hydrogen (secondary N) is 1. The Hall–Kier alpha value is -0.120. The molecule has 1 N–H and O–H groups in total. The maximum Gasteiger partial charge on any atom is 0.0224 e. The topological polar surface area (TPSA) is 18.5 Å². The van der Waals surface area contributed by atoms with Crippen LogP contribution < -0.4 is 5.32 Å². The highest BCUT2D eigenvalue weighted by atomic mass is 15.3. The number of fused-ring (bicyclic) bond motifs is 1. The van der Waals surface area contributed by atoms with E-state index in [1.165, 1.54) is 64.7 Å². The lowest BCUT2D eigenvalue weighted by molar-refractivity contribution is 0.0535. The maximum absolute atomic E-state index is 3.62. The van der Waals surface area contributed by atoms with Gasteiger partial charge in [-0.25, -0.2) is 0 Å². The third-order valence-corrected chi connectivity index (χ3v) is 5.32. The average molecular weight is 251 g/mol. The molecule has 104 valence electrons. The molecule has 0 bridgehead atoms. The van der Waals surface area contributed by atoms with Crippen molar-refractivity contribution in [2.24, 2.45) is 0 Å². The zero-order chi connectivity index (χ0) is 12.4. The molecule has 0 aromatic carbocycles. The first-order valence-electron chi connectivity index (χ1n) is 8.08. The van der Waals surface area contributed by atoms with Crippen molar-refractivity contribution < 1.29 is 0 Å². The van der Waals surface area contributed by atoms with E-state index in [0.717, 1.165) is 24.7 Å². The molecular weight excluding hydrogens is 222 g/mol. The number of piperazine rings is 1. The quantitative estimate of drug-likeness (QED) is 0.823. The molecule has 3 fully saturated rings. The largest absolute Gasteiger partial charge is 0.314 e. The fourth-order valence-electron chi connectivity index (χ4n) is 4.28. The van der Waals surface area contributed by atoms with Gasteiger partial charge < -0.3 is 5.32 Å². The zero-order valence-corrected chi connectivity index (χ0v) is 11.9. The molecule has 0 radical (unpaired) electrons. The highest BCUT2D eigenvalue weighted by molar-refractivity contribution is 4.91. The van der Waals surface area contributed by atoms with Gasteiger partial charge >= 0.3 is 0 Å². The van der Waals surface area contributed by atoms with Gasteiger partial charge in [0.2, 0.25) is 0 Å². The summed E-state index contributed by atoms with van der Waals surface area (Å²) in [5.74, 6) is 0. The Bertz CT molecular complexity index is 260. The van der Waals surface area contributed by atoms with E-state index in [1.807, 2.05) is 0 Å². The van der Waals surface area contributed by atoms with Gasteiger partial charge in [0.15, 0.2) is 0 Å². The molecular formula is C15H29N3. The lowest BCUT2D eigenvalue weighted by Crippen LogP contribution is -2.54. The SMILES string of the molecule is CCNC1CCC(N2CCN3CCCC3C2)CC1. The van der Waals surface area contributed by atoms with E-state index in [1.54, 1.807) is 0 Å². The average Bonchev–Trinajstić information content (AvgIpc) is 2.87. The molecule has 0 spiro atoms. The van der Waals surface area contributed by atoms with Gasteiger partial charge in [-0.05, 0) is 51.6 Å². The van der Waals surface area contributed by atoms with Gasteiger partial charge in [-0.3, -0.25) is 9.80 Å². The Labute approximate surface area is 112 Å². The van der Waals surface area contributed by atoms with Crippen LogP contribution in [0.25, 0.3) is 0 Å². The van der Waals surface area contributed by atoms with Crippen molar-refractivity contribution in [1.29, 1.82) is 0 Å². The predicted molar refractivity (Wildman–Crippen MR) is 75.9 cm³/mol. The third kappa shape index (κ3) is 2.73. The molecule has 3 aliphatic rings. The van der Waals surface area contributed by atoms with E-state index in [-0.39, 0.29) is 0 Å². The van der Waals surface area contributed by atoms with E-state index in [4.69, 9.17) is 0 Å². The monoisotopic (exact) mass is 251 g/mol. The fraction of sp³-hybridized carbons (Fsp3) is 1.00. The molecule has 1 aliphatic carbocycles. The van der Waals surface area contributed by atoms with Crippen molar-refractivity contribution in [2.75, 3.05) is 32.7 Å². The minimum absolute atomic E-state index is 0.805. The second kappa shape index (κ2) is 5.89. The molecule has 0 amide bonds. The van der Waals surface area contributed by atoms with E-state index in [9.17, 15) is 0 Å². The number of nitrogens with zero attached hydrogens (tertiary/aromatic N) is 2. The molecule has 1 atom stereocenters. The molecule has 2 heterocycles. The summed E-state index contributed by atoms with van der Waals surface area (Å²) in [7, 11) is 0. The van der Waals surface area contributed by atoms with Crippen molar-refractivity contribution in [3.8, 4) is 0 Å². The van der Waals surface area contributed by atoms with Crippen molar-refractivity contribution in [3.05, 3.63) is 0 Å². The molecule has 3 nitrogen and oxygen atoms in total. The summed E-state index contributed by atoms with van der Waals surface area (Å²) in [5, 5.41) is 3.62. The number of rotatable bonds is 3. The van der Waals surface area contributed by atoms with Crippen LogP contribution in [-0.4, -0.2) is 60.6 Å². The summed E-state index contributed by atoms with van der Waals surface area (Å²) in [6.07, 6.45) is 8.51. The molecule has 0 aromatic heterocycles. The minimum atomic E-state index is 0.805. The fourth-order valence-corrected chi connectivity index (χ4v) is 4.28. The van der Waals surface area contributed by atoms with Crippen molar-refractivity contribution in [1.82, 2.24) is 15.1 Å². The summed E-state index contributed by atoms with van der Waals surface area (Å²) in [4.78, 5) is 5.54. The molecule has 1 saturated carbocycles. The van der Waals surface area contributed by atoms with Crippen LogP contribution in [0.5, 0.6) is 0 Å². The van der Waals surface area contributed by atoms with Gasteiger partial charge in [0, 0.05) is 37.8 Å². The molecule has 18 heavy (non-hydrogen) atoms. The summed E-state index contributed by atoms with van der Waals surface area (Å²) >= 11 is 0. The van der Waals surface area contributed by atoms with Crippen LogP contribution in [0.1, 0.15) is 45.4 Å². The molecule has 3 rings (SSSR count). The third-order valence-electron chi connectivity index (χ3n) is 5.32. The van der Waals surface area contributed by atoms with Gasteiger partial charge in [0.1, 0.15) is 0 Å². The van der Waals surface area contributed by atoms with E-state index in [2.05, 4.69) is 22.0 Å². The van der Waals surface area contributed by atoms with Gasteiger partial charge in [-0.1, -0.05) is 6.92 Å². The van der Waals surface area contributed by atoms with Gasteiger partial charge in [0.05, 0.1) is 0 Å². The molecule has 3 heteroatoms. The summed E-state index contributed by atoms with van der Waals surface area (Å²) in [6.45, 7) is 8.74. The van der Waals surface area contributed by atoms with Crippen LogP contribution in [0.15, 0.2) is 0 Å². The molecule has 1 unspecified atom stereocenters. The van der Waals surface area contributed by atoms with Crippen LogP contribution in [0, 0.1) is 0 Å². The first kappa shape index (κ1) is 12.9. The lowest BCUT2D eigenvalue weighted by atomic mass is 9.89. The highest BCUT2D eigenvalue weighted by Crippen LogP contribution is 2.28. The van der Waals surface area contributed by atoms with Crippen LogP contribution in [-0.2, 0) is 0 Å². The van der Waals surface area contributed by atoms with Crippen LogP contribution in [0.3, 0.4) is 0 Å². The first-order valence-corrected chi connectivity index (χ1v) is 8.08. The van der Waals surface area contributed by atoms with Crippen LogP contribution in [0.2, 0.25) is 0 Å². The standard InChI is InChI=1S/C15H29N3/c1-2-16-13-5-7-14(8-6-13)18-11-10-17-9-3-4-15(17)12-18/h13-16H,2-12H2,1H3.